The van der Waals surface area contributed by atoms with Crippen LogP contribution in [0.4, 0.5) is 0 Å². The Balaban J connectivity index is 1.55. The minimum Gasteiger partial charge on any atom is -0.497 e. The van der Waals surface area contributed by atoms with Gasteiger partial charge in [0.2, 0.25) is 5.72 Å². The van der Waals surface area contributed by atoms with Gasteiger partial charge in [0.1, 0.15) is 17.9 Å². The summed E-state index contributed by atoms with van der Waals surface area (Å²) in [6.45, 7) is -0.0277. The van der Waals surface area contributed by atoms with Crippen LogP contribution in [0.1, 0.15) is 27.0 Å². The van der Waals surface area contributed by atoms with Gasteiger partial charge in [-0.15, -0.1) is 5.06 Å². The van der Waals surface area contributed by atoms with Crippen molar-refractivity contribution in [3.05, 3.63) is 107 Å². The van der Waals surface area contributed by atoms with E-state index >= 15 is 0 Å². The van der Waals surface area contributed by atoms with Gasteiger partial charge in [-0.1, -0.05) is 60.7 Å². The number of aliphatic hydroxyl groups is 1. The number of methoxy groups -OCH3 is 1. The fourth-order valence-corrected chi connectivity index (χ4v) is 3.94. The lowest BCUT2D eigenvalue weighted by Crippen LogP contribution is -2.42. The highest BCUT2D eigenvalue weighted by molar-refractivity contribution is 6.07. The van der Waals surface area contributed by atoms with E-state index in [2.05, 4.69) is 0 Å². The first-order valence-electron chi connectivity index (χ1n) is 9.98. The number of nitrogens with zero attached hydrogens (tertiary/aromatic N) is 1. The number of amides is 1. The Morgan fingerprint density at radius 2 is 1.69 bits per heavy atom. The second-order valence-electron chi connectivity index (χ2n) is 7.40. The Labute approximate surface area is 184 Å². The van der Waals surface area contributed by atoms with Crippen molar-refractivity contribution in [2.24, 2.45) is 0 Å². The van der Waals surface area contributed by atoms with E-state index in [0.29, 0.717) is 11.3 Å². The monoisotopic (exact) mass is 429 g/mol. The molecule has 3 aromatic carbocycles. The van der Waals surface area contributed by atoms with Crippen molar-refractivity contribution in [1.29, 1.82) is 0 Å². The summed E-state index contributed by atoms with van der Waals surface area (Å²) in [5.74, 6) is -0.552. The van der Waals surface area contributed by atoms with Crippen molar-refractivity contribution in [3.8, 4) is 5.75 Å². The van der Waals surface area contributed by atoms with E-state index in [1.807, 2.05) is 6.07 Å². The lowest BCUT2D eigenvalue weighted by molar-refractivity contribution is -0.183. The first kappa shape index (κ1) is 19.8. The fourth-order valence-electron chi connectivity index (χ4n) is 3.94. The molecular formula is C25H19NO6. The molecule has 0 radical (unpaired) electrons. The van der Waals surface area contributed by atoms with Crippen molar-refractivity contribution < 1.29 is 29.0 Å². The molecule has 1 N–H and O–H groups in total. The zero-order chi connectivity index (χ0) is 22.3. The standard InChI is InChI=1S/C25H19NO6/c1-30-18-13-11-16(12-14-18)15-31-24(28)21-22(17-7-3-2-4-8-17)32-26-23(27)19-9-5-6-10-20(19)25(21,26)29/h2-14,29H,15H2,1H3. The van der Waals surface area contributed by atoms with Gasteiger partial charge in [0.05, 0.1) is 12.7 Å². The van der Waals surface area contributed by atoms with Gasteiger partial charge in [-0.3, -0.25) is 4.79 Å². The van der Waals surface area contributed by atoms with Gasteiger partial charge in [-0.25, -0.2) is 4.79 Å². The predicted molar refractivity (Wildman–Crippen MR) is 114 cm³/mol. The van der Waals surface area contributed by atoms with Crippen LogP contribution in [0.15, 0.2) is 84.4 Å². The van der Waals surface area contributed by atoms with Gasteiger partial charge in [-0.05, 0) is 23.8 Å². The Morgan fingerprint density at radius 3 is 2.41 bits per heavy atom. The van der Waals surface area contributed by atoms with Crippen LogP contribution in [0.25, 0.3) is 5.76 Å². The summed E-state index contributed by atoms with van der Waals surface area (Å²) >= 11 is 0. The van der Waals surface area contributed by atoms with Crippen molar-refractivity contribution in [3.63, 3.8) is 0 Å². The number of hydroxylamine groups is 2. The maximum absolute atomic E-state index is 13.3. The third-order valence-electron chi connectivity index (χ3n) is 5.54. The molecule has 2 aliphatic rings. The summed E-state index contributed by atoms with van der Waals surface area (Å²) in [5.41, 5.74) is -0.412. The van der Waals surface area contributed by atoms with Crippen molar-refractivity contribution in [1.82, 2.24) is 5.06 Å². The molecule has 32 heavy (non-hydrogen) atoms. The molecule has 0 spiro atoms. The first-order valence-corrected chi connectivity index (χ1v) is 9.98. The molecule has 5 rings (SSSR count). The second kappa shape index (κ2) is 7.55. The zero-order valence-corrected chi connectivity index (χ0v) is 17.1. The van der Waals surface area contributed by atoms with E-state index in [9.17, 15) is 14.7 Å². The number of fused-ring (bicyclic) bond motifs is 3. The third kappa shape index (κ3) is 2.94. The number of carbonyl (C=O) groups excluding carboxylic acids is 2. The number of hydrogen-bond donors (Lipinski definition) is 1. The minimum atomic E-state index is -2.09. The molecule has 0 aromatic heterocycles. The van der Waals surface area contributed by atoms with E-state index < -0.39 is 17.6 Å². The molecule has 1 atom stereocenters. The van der Waals surface area contributed by atoms with Gasteiger partial charge >= 0.3 is 5.97 Å². The van der Waals surface area contributed by atoms with Crippen molar-refractivity contribution >= 4 is 17.6 Å². The molecule has 3 aromatic rings. The van der Waals surface area contributed by atoms with Gasteiger partial charge in [0, 0.05) is 11.1 Å². The summed E-state index contributed by atoms with van der Waals surface area (Å²) < 4.78 is 10.7. The molecule has 1 amide bonds. The van der Waals surface area contributed by atoms with Crippen LogP contribution in [0.3, 0.4) is 0 Å². The minimum absolute atomic E-state index is 0.0277. The third-order valence-corrected chi connectivity index (χ3v) is 5.54. The Hall–Kier alpha value is -4.10. The van der Waals surface area contributed by atoms with Crippen LogP contribution in [0, 0.1) is 0 Å². The maximum Gasteiger partial charge on any atom is 0.343 e. The van der Waals surface area contributed by atoms with E-state index in [0.717, 1.165) is 10.6 Å². The van der Waals surface area contributed by atoms with Crippen molar-refractivity contribution in [2.45, 2.75) is 12.3 Å². The molecule has 160 valence electrons. The molecule has 7 heteroatoms. The zero-order valence-electron chi connectivity index (χ0n) is 17.1. The molecule has 7 nitrogen and oxygen atoms in total. The van der Waals surface area contributed by atoms with Crippen LogP contribution < -0.4 is 4.74 Å². The molecule has 0 fully saturated rings. The molecule has 0 aliphatic carbocycles. The molecule has 0 bridgehead atoms. The highest BCUT2D eigenvalue weighted by Gasteiger charge is 2.61. The molecule has 1 unspecified atom stereocenters. The summed E-state index contributed by atoms with van der Waals surface area (Å²) in [6.07, 6.45) is 0. The van der Waals surface area contributed by atoms with Gasteiger partial charge in [0.25, 0.3) is 5.91 Å². The van der Waals surface area contributed by atoms with E-state index in [4.69, 9.17) is 14.3 Å². The van der Waals surface area contributed by atoms with Crippen LogP contribution in [0.5, 0.6) is 5.75 Å². The average Bonchev–Trinajstić information content (AvgIpc) is 3.27. The van der Waals surface area contributed by atoms with E-state index in [-0.39, 0.29) is 29.1 Å². The van der Waals surface area contributed by atoms with E-state index in [1.165, 1.54) is 0 Å². The van der Waals surface area contributed by atoms with E-state index in [1.54, 1.807) is 79.9 Å². The number of benzene rings is 3. The predicted octanol–water partition coefficient (Wildman–Crippen LogP) is 3.40. The molecule has 2 aliphatic heterocycles. The summed E-state index contributed by atoms with van der Waals surface area (Å²) in [6, 6.07) is 22.5. The molecular weight excluding hydrogens is 410 g/mol. The van der Waals surface area contributed by atoms with Crippen LogP contribution >= 0.6 is 0 Å². The Morgan fingerprint density at radius 1 is 1.00 bits per heavy atom. The lowest BCUT2D eigenvalue weighted by Gasteiger charge is -2.25. The summed E-state index contributed by atoms with van der Waals surface area (Å²) in [7, 11) is 1.57. The maximum atomic E-state index is 13.3. The normalized spacial score (nSPS) is 18.8. The summed E-state index contributed by atoms with van der Waals surface area (Å²) in [4.78, 5) is 32.0. The quantitative estimate of drug-likeness (QED) is 0.626. The topological polar surface area (TPSA) is 85.3 Å². The van der Waals surface area contributed by atoms with Gasteiger partial charge in [0.15, 0.2) is 5.76 Å². The highest BCUT2D eigenvalue weighted by Crippen LogP contribution is 2.51. The number of carbonyl (C=O) groups is 2. The largest absolute Gasteiger partial charge is 0.497 e. The average molecular weight is 429 g/mol. The second-order valence-corrected chi connectivity index (χ2v) is 7.40. The number of ether oxygens (including phenoxy) is 2. The molecule has 0 saturated heterocycles. The molecule has 2 heterocycles. The van der Waals surface area contributed by atoms with Crippen LogP contribution in [-0.4, -0.2) is 29.2 Å². The van der Waals surface area contributed by atoms with Gasteiger partial charge in [-0.2, -0.15) is 0 Å². The fraction of sp³-hybridized carbons (Fsp3) is 0.120. The highest BCUT2D eigenvalue weighted by atomic mass is 16.7. The first-order chi connectivity index (χ1) is 15.5. The lowest BCUT2D eigenvalue weighted by atomic mass is 9.92. The Bertz CT molecular complexity index is 1230. The number of rotatable bonds is 5. The van der Waals surface area contributed by atoms with Crippen molar-refractivity contribution in [2.75, 3.05) is 7.11 Å². The van der Waals surface area contributed by atoms with Crippen LogP contribution in [-0.2, 0) is 26.7 Å². The Kier molecular flexibility index (Phi) is 4.68. The molecule has 0 saturated carbocycles. The van der Waals surface area contributed by atoms with Crippen LogP contribution in [0.2, 0.25) is 0 Å². The summed E-state index contributed by atoms with van der Waals surface area (Å²) in [5, 5.41) is 12.5. The SMILES string of the molecule is COc1ccc(COC(=O)C2=C(c3ccccc3)ON3C(=O)c4ccccc4C23O)cc1. The number of hydrogen-bond acceptors (Lipinski definition) is 6. The number of esters is 1. The van der Waals surface area contributed by atoms with Gasteiger partial charge < -0.3 is 19.4 Å². The smallest absolute Gasteiger partial charge is 0.343 e.